The molecular weight excluding hydrogens is 507 g/mol. The lowest BCUT2D eigenvalue weighted by molar-refractivity contribution is 0.0983. The summed E-state index contributed by atoms with van der Waals surface area (Å²) in [4.78, 5) is 9.69. The lowest BCUT2D eigenvalue weighted by Crippen LogP contribution is -2.28. The van der Waals surface area contributed by atoms with Crippen molar-refractivity contribution in [2.24, 2.45) is 0 Å². The van der Waals surface area contributed by atoms with Crippen LogP contribution in [0.4, 0.5) is 10.2 Å². The van der Waals surface area contributed by atoms with E-state index in [0.717, 1.165) is 34.4 Å². The molecule has 3 N–H and O–H groups in total. The Bertz CT molecular complexity index is 1340. The normalized spacial score (nSPS) is 15.9. The number of ether oxygens (including phenoxy) is 1. The molecule has 1 aliphatic heterocycles. The minimum absolute atomic E-state index is 0.113. The number of alkyl halides is 1. The highest BCUT2D eigenvalue weighted by molar-refractivity contribution is 7.92. The Morgan fingerprint density at radius 3 is 2.45 bits per heavy atom. The molecule has 0 amide bonds. The lowest BCUT2D eigenvalue weighted by Gasteiger charge is -2.24. The molecule has 0 saturated carbocycles. The molecule has 5 rings (SSSR count). The first-order chi connectivity index (χ1) is 18.5. The van der Waals surface area contributed by atoms with Crippen molar-refractivity contribution in [2.75, 3.05) is 25.5 Å². The predicted octanol–water partition coefficient (Wildman–Crippen LogP) is 4.18. The second kappa shape index (κ2) is 12.0. The van der Waals surface area contributed by atoms with E-state index >= 15 is 0 Å². The van der Waals surface area contributed by atoms with Crippen molar-refractivity contribution in [1.29, 1.82) is 0 Å². The van der Waals surface area contributed by atoms with Crippen LogP contribution in [0.2, 0.25) is 0 Å². The third kappa shape index (κ3) is 6.18. The molecule has 9 nitrogen and oxygen atoms in total. The minimum atomic E-state index is -1.08. The van der Waals surface area contributed by atoms with Gasteiger partial charge in [-0.25, -0.2) is 14.4 Å². The summed E-state index contributed by atoms with van der Waals surface area (Å²) in [5.74, 6) is 0.653. The average Bonchev–Trinajstić information content (AvgIpc) is 3.44. The molecule has 0 aliphatic carbocycles. The summed E-state index contributed by atoms with van der Waals surface area (Å²) in [6, 6.07) is 15.0. The number of benzene rings is 2. The molecule has 2 atom stereocenters. The fourth-order valence-electron chi connectivity index (χ4n) is 4.15. The Balaban J connectivity index is 1.30. The van der Waals surface area contributed by atoms with Gasteiger partial charge in [-0.3, -0.25) is 0 Å². The standard InChI is InChI=1S/C27H29FN6O3S/c1-17(28)14-30-15-18-2-4-20(5-3-18)26-33-34-27(37-26)24-25(29)31-16-23(32-24)19-6-8-21(9-7-19)38(35)22-10-12-36-13-11-22/h2-9,16-17,22,30H,10-15H2,1H3,(H2,29,31). The number of hydrogen-bond acceptors (Lipinski definition) is 9. The summed E-state index contributed by atoms with van der Waals surface area (Å²) in [5.41, 5.74) is 9.52. The first-order valence-electron chi connectivity index (χ1n) is 12.5. The Morgan fingerprint density at radius 1 is 1.05 bits per heavy atom. The van der Waals surface area contributed by atoms with E-state index in [4.69, 9.17) is 14.9 Å². The van der Waals surface area contributed by atoms with Gasteiger partial charge in [-0.2, -0.15) is 0 Å². The van der Waals surface area contributed by atoms with Crippen molar-refractivity contribution >= 4 is 17.0 Å². The molecule has 0 bridgehead atoms. The first kappa shape index (κ1) is 26.2. The Hall–Kier alpha value is -3.38. The molecule has 0 radical (unpaired) electrons. The maximum atomic E-state index is 13.0. The van der Waals surface area contributed by atoms with Gasteiger partial charge in [0.05, 0.1) is 25.1 Å². The molecular formula is C27H29FN6O3S. The third-order valence-electron chi connectivity index (χ3n) is 6.24. The van der Waals surface area contributed by atoms with E-state index in [9.17, 15) is 8.94 Å². The fourth-order valence-corrected chi connectivity index (χ4v) is 5.56. The lowest BCUT2D eigenvalue weighted by atomic mass is 10.1. The Morgan fingerprint density at radius 2 is 1.74 bits per heavy atom. The van der Waals surface area contributed by atoms with E-state index < -0.39 is 17.3 Å². The van der Waals surface area contributed by atoms with Crippen LogP contribution in [0.5, 0.6) is 0 Å². The van der Waals surface area contributed by atoms with Gasteiger partial charge < -0.3 is 24.8 Å². The van der Waals surface area contributed by atoms with Crippen LogP contribution >= 0.6 is 0 Å². The fraction of sp³-hybridized carbons (Fsp3) is 0.333. The van der Waals surface area contributed by atoms with E-state index in [0.29, 0.717) is 37.9 Å². The monoisotopic (exact) mass is 536 g/mol. The summed E-state index contributed by atoms with van der Waals surface area (Å²) in [6.45, 7) is 3.69. The van der Waals surface area contributed by atoms with Gasteiger partial charge in [-0.1, -0.05) is 12.1 Å². The molecule has 198 valence electrons. The molecule has 1 fully saturated rings. The minimum Gasteiger partial charge on any atom is -0.611 e. The van der Waals surface area contributed by atoms with Gasteiger partial charge in [0.1, 0.15) is 11.4 Å². The number of nitrogens with two attached hydrogens (primary N) is 1. The first-order valence-corrected chi connectivity index (χ1v) is 13.7. The topological polar surface area (TPSA) is 135 Å². The predicted molar refractivity (Wildman–Crippen MR) is 143 cm³/mol. The molecule has 2 aromatic heterocycles. The second-order valence-corrected chi connectivity index (χ2v) is 10.9. The van der Waals surface area contributed by atoms with Crippen LogP contribution in [-0.4, -0.2) is 55.9 Å². The summed E-state index contributed by atoms with van der Waals surface area (Å²) >= 11 is -1.08. The van der Waals surface area contributed by atoms with Crippen molar-refractivity contribution in [2.45, 2.75) is 42.6 Å². The molecule has 2 unspecified atom stereocenters. The van der Waals surface area contributed by atoms with Gasteiger partial charge in [-0.15, -0.1) is 10.2 Å². The number of nitrogens with one attached hydrogen (secondary N) is 1. The second-order valence-electron chi connectivity index (χ2n) is 9.14. The number of anilines is 1. The number of nitrogens with zero attached hydrogens (tertiary/aromatic N) is 4. The van der Waals surface area contributed by atoms with Crippen molar-refractivity contribution in [3.8, 4) is 34.3 Å². The zero-order valence-electron chi connectivity index (χ0n) is 21.0. The molecule has 2 aromatic carbocycles. The summed E-state index contributed by atoms with van der Waals surface area (Å²) in [7, 11) is 0. The third-order valence-corrected chi connectivity index (χ3v) is 8.05. The van der Waals surface area contributed by atoms with Crippen molar-refractivity contribution < 1.29 is 18.1 Å². The molecule has 4 aromatic rings. The van der Waals surface area contributed by atoms with E-state index in [1.54, 1.807) is 6.20 Å². The van der Waals surface area contributed by atoms with Crippen LogP contribution in [0, 0.1) is 0 Å². The van der Waals surface area contributed by atoms with Gasteiger partial charge in [0.15, 0.2) is 16.4 Å². The highest BCUT2D eigenvalue weighted by Crippen LogP contribution is 2.29. The van der Waals surface area contributed by atoms with Crippen LogP contribution in [0.3, 0.4) is 0 Å². The van der Waals surface area contributed by atoms with Gasteiger partial charge in [0, 0.05) is 37.1 Å². The van der Waals surface area contributed by atoms with E-state index in [2.05, 4.69) is 25.5 Å². The Labute approximate surface area is 223 Å². The molecule has 3 heterocycles. The summed E-state index contributed by atoms with van der Waals surface area (Å²) in [5, 5.41) is 11.5. The van der Waals surface area contributed by atoms with E-state index in [-0.39, 0.29) is 22.7 Å². The number of rotatable bonds is 9. The maximum Gasteiger partial charge on any atom is 0.270 e. The van der Waals surface area contributed by atoms with Crippen LogP contribution in [-0.2, 0) is 22.5 Å². The van der Waals surface area contributed by atoms with Gasteiger partial charge in [0.25, 0.3) is 5.89 Å². The Kier molecular flexibility index (Phi) is 8.28. The van der Waals surface area contributed by atoms with E-state index in [1.165, 1.54) is 6.92 Å². The SMILES string of the molecule is CC(F)CNCc1ccc(-c2nnc(-c3nc(-c4ccc([S+]([O-])C5CCOCC5)cc4)cnc3N)o2)cc1. The quantitative estimate of drug-likeness (QED) is 0.302. The smallest absolute Gasteiger partial charge is 0.270 e. The summed E-state index contributed by atoms with van der Waals surface area (Å²) in [6.07, 6.45) is 2.28. The van der Waals surface area contributed by atoms with Crippen molar-refractivity contribution in [1.82, 2.24) is 25.5 Å². The van der Waals surface area contributed by atoms with Gasteiger partial charge in [0.2, 0.25) is 5.89 Å². The zero-order chi connectivity index (χ0) is 26.5. The van der Waals surface area contributed by atoms with E-state index in [1.807, 2.05) is 48.5 Å². The number of aromatic nitrogens is 4. The zero-order valence-corrected chi connectivity index (χ0v) is 21.8. The largest absolute Gasteiger partial charge is 0.611 e. The van der Waals surface area contributed by atoms with Crippen LogP contribution in [0.1, 0.15) is 25.3 Å². The number of hydrogen-bond donors (Lipinski definition) is 2. The highest BCUT2D eigenvalue weighted by Gasteiger charge is 2.27. The molecule has 1 aliphatic rings. The van der Waals surface area contributed by atoms with Gasteiger partial charge in [-0.05, 0) is 60.1 Å². The van der Waals surface area contributed by atoms with Crippen LogP contribution in [0.15, 0.2) is 64.0 Å². The van der Waals surface area contributed by atoms with Gasteiger partial charge >= 0.3 is 0 Å². The summed E-state index contributed by atoms with van der Waals surface area (Å²) < 4.78 is 37.1. The number of nitrogen functional groups attached to an aromatic ring is 1. The molecule has 11 heteroatoms. The molecule has 38 heavy (non-hydrogen) atoms. The molecule has 0 spiro atoms. The van der Waals surface area contributed by atoms with Crippen LogP contribution in [0.25, 0.3) is 34.3 Å². The maximum absolute atomic E-state index is 13.0. The average molecular weight is 537 g/mol. The van der Waals surface area contributed by atoms with Crippen molar-refractivity contribution in [3.05, 3.63) is 60.3 Å². The van der Waals surface area contributed by atoms with Crippen molar-refractivity contribution in [3.63, 3.8) is 0 Å². The van der Waals surface area contributed by atoms with Crippen LogP contribution < -0.4 is 11.1 Å². The number of halogens is 1. The highest BCUT2D eigenvalue weighted by atomic mass is 32.2. The molecule has 1 saturated heterocycles.